The van der Waals surface area contributed by atoms with Gasteiger partial charge in [0.1, 0.15) is 0 Å². The minimum Gasteiger partial charge on any atom is -0.399 e. The number of nitrogens with zero attached hydrogens (tertiary/aromatic N) is 1. The maximum Gasteiger partial charge on any atom is 0.261 e. The van der Waals surface area contributed by atoms with Gasteiger partial charge in [0, 0.05) is 10.9 Å². The number of imide groups is 1. The highest BCUT2D eigenvalue weighted by Gasteiger charge is 2.43. The Hall–Kier alpha value is -1.49. The third-order valence-corrected chi connectivity index (χ3v) is 5.40. The summed E-state index contributed by atoms with van der Waals surface area (Å²) in [5.74, 6) is -0.334. The molecule has 0 radical (unpaired) electrons. The number of hydrogen-bond donors (Lipinski definition) is 1. The number of anilines is 1. The fraction of sp³-hybridized carbons (Fsp3) is 0.467. The van der Waals surface area contributed by atoms with E-state index in [0.29, 0.717) is 22.1 Å². The molecule has 2 unspecified atom stereocenters. The van der Waals surface area contributed by atoms with Crippen LogP contribution < -0.4 is 5.73 Å². The number of nitrogen functional groups attached to an aromatic ring is 1. The van der Waals surface area contributed by atoms with Gasteiger partial charge in [0.15, 0.2) is 0 Å². The second-order valence-corrected chi connectivity index (χ2v) is 6.49. The van der Waals surface area contributed by atoms with Gasteiger partial charge in [-0.2, -0.15) is 11.8 Å². The second kappa shape index (κ2) is 5.13. The molecule has 4 nitrogen and oxygen atoms in total. The second-order valence-electron chi connectivity index (χ2n) is 5.41. The number of thioether (sulfide) groups is 1. The minimum absolute atomic E-state index is 0.0207. The molecule has 2 amide bonds. The van der Waals surface area contributed by atoms with Crippen LogP contribution in [0.5, 0.6) is 0 Å². The molecule has 1 aliphatic carbocycles. The molecular weight excluding hydrogens is 272 g/mol. The van der Waals surface area contributed by atoms with E-state index in [2.05, 4.69) is 6.26 Å². The van der Waals surface area contributed by atoms with Crippen LogP contribution in [0.2, 0.25) is 0 Å². The largest absolute Gasteiger partial charge is 0.399 e. The molecule has 0 saturated heterocycles. The van der Waals surface area contributed by atoms with Gasteiger partial charge >= 0.3 is 0 Å². The van der Waals surface area contributed by atoms with Crippen LogP contribution in [0.1, 0.15) is 46.4 Å². The summed E-state index contributed by atoms with van der Waals surface area (Å²) in [6.45, 7) is 0. The fourth-order valence-electron chi connectivity index (χ4n) is 3.23. The molecule has 2 aliphatic rings. The summed E-state index contributed by atoms with van der Waals surface area (Å²) in [5.41, 5.74) is 7.21. The highest BCUT2D eigenvalue weighted by molar-refractivity contribution is 7.99. The summed E-state index contributed by atoms with van der Waals surface area (Å²) in [7, 11) is 0. The van der Waals surface area contributed by atoms with Gasteiger partial charge < -0.3 is 5.73 Å². The zero-order valence-corrected chi connectivity index (χ0v) is 12.3. The summed E-state index contributed by atoms with van der Waals surface area (Å²) in [6, 6.07) is 4.99. The number of fused-ring (bicyclic) bond motifs is 1. The third-order valence-electron chi connectivity index (χ3n) is 4.24. The molecule has 0 spiro atoms. The number of nitrogens with two attached hydrogens (primary N) is 1. The van der Waals surface area contributed by atoms with Crippen molar-refractivity contribution in [1.82, 2.24) is 4.90 Å². The molecule has 20 heavy (non-hydrogen) atoms. The number of rotatable bonds is 2. The van der Waals surface area contributed by atoms with Crippen molar-refractivity contribution in [3.05, 3.63) is 29.3 Å². The molecule has 1 aromatic carbocycles. The first-order valence-corrected chi connectivity index (χ1v) is 8.22. The van der Waals surface area contributed by atoms with Crippen LogP contribution in [-0.4, -0.2) is 34.3 Å². The molecule has 1 heterocycles. The van der Waals surface area contributed by atoms with Crippen molar-refractivity contribution in [2.45, 2.75) is 37.0 Å². The Morgan fingerprint density at radius 2 is 1.85 bits per heavy atom. The smallest absolute Gasteiger partial charge is 0.261 e. The Kier molecular flexibility index (Phi) is 3.46. The average molecular weight is 290 g/mol. The van der Waals surface area contributed by atoms with Gasteiger partial charge in [0.2, 0.25) is 0 Å². The molecule has 1 aliphatic heterocycles. The lowest BCUT2D eigenvalue weighted by molar-refractivity contribution is 0.0555. The highest BCUT2D eigenvalue weighted by atomic mass is 32.2. The molecule has 1 aromatic rings. The molecule has 2 atom stereocenters. The number of benzene rings is 1. The van der Waals surface area contributed by atoms with Crippen LogP contribution in [0.25, 0.3) is 0 Å². The predicted octanol–water partition coefficient (Wildman–Crippen LogP) is 2.54. The first-order chi connectivity index (χ1) is 9.63. The molecule has 106 valence electrons. The van der Waals surface area contributed by atoms with Gasteiger partial charge in [-0.05, 0) is 37.3 Å². The maximum atomic E-state index is 12.6. The van der Waals surface area contributed by atoms with Crippen LogP contribution in [0.4, 0.5) is 5.69 Å². The first-order valence-electron chi connectivity index (χ1n) is 6.93. The van der Waals surface area contributed by atoms with E-state index in [4.69, 9.17) is 5.73 Å². The molecule has 5 heteroatoms. The van der Waals surface area contributed by atoms with E-state index in [-0.39, 0.29) is 17.9 Å². The number of carbonyl (C=O) groups is 2. The van der Waals surface area contributed by atoms with E-state index in [9.17, 15) is 9.59 Å². The van der Waals surface area contributed by atoms with Crippen LogP contribution in [0, 0.1) is 0 Å². The summed E-state index contributed by atoms with van der Waals surface area (Å²) in [4.78, 5) is 26.6. The van der Waals surface area contributed by atoms with Crippen molar-refractivity contribution in [1.29, 1.82) is 0 Å². The zero-order valence-electron chi connectivity index (χ0n) is 11.5. The maximum absolute atomic E-state index is 12.6. The SMILES string of the molecule is CSC1CCCCC1N1C(=O)c2ccc(N)cc2C1=O. The Labute approximate surface area is 122 Å². The minimum atomic E-state index is -0.178. The van der Waals surface area contributed by atoms with Gasteiger partial charge in [-0.3, -0.25) is 14.5 Å². The van der Waals surface area contributed by atoms with E-state index in [0.717, 1.165) is 19.3 Å². The summed E-state index contributed by atoms with van der Waals surface area (Å²) >= 11 is 1.76. The quantitative estimate of drug-likeness (QED) is 0.671. The first kappa shape index (κ1) is 13.5. The van der Waals surface area contributed by atoms with E-state index >= 15 is 0 Å². The molecule has 2 N–H and O–H groups in total. The number of hydrogen-bond acceptors (Lipinski definition) is 4. The van der Waals surface area contributed by atoms with E-state index in [1.807, 2.05) is 0 Å². The average Bonchev–Trinajstić information content (AvgIpc) is 2.70. The predicted molar refractivity (Wildman–Crippen MR) is 80.9 cm³/mol. The van der Waals surface area contributed by atoms with Gasteiger partial charge in [-0.25, -0.2) is 0 Å². The van der Waals surface area contributed by atoms with Crippen molar-refractivity contribution in [3.8, 4) is 0 Å². The van der Waals surface area contributed by atoms with Crippen molar-refractivity contribution < 1.29 is 9.59 Å². The van der Waals surface area contributed by atoms with E-state index in [1.165, 1.54) is 11.3 Å². The van der Waals surface area contributed by atoms with Crippen molar-refractivity contribution in [2.24, 2.45) is 0 Å². The third kappa shape index (κ3) is 2.00. The molecule has 0 aromatic heterocycles. The molecule has 0 bridgehead atoms. The molecule has 1 saturated carbocycles. The normalized spacial score (nSPS) is 25.9. The van der Waals surface area contributed by atoms with Crippen molar-refractivity contribution in [2.75, 3.05) is 12.0 Å². The van der Waals surface area contributed by atoms with Crippen LogP contribution >= 0.6 is 11.8 Å². The van der Waals surface area contributed by atoms with Gasteiger partial charge in [0.25, 0.3) is 11.8 Å². The lowest BCUT2D eigenvalue weighted by Gasteiger charge is -2.35. The Bertz CT molecular complexity index is 573. The van der Waals surface area contributed by atoms with E-state index < -0.39 is 0 Å². The van der Waals surface area contributed by atoms with Crippen molar-refractivity contribution in [3.63, 3.8) is 0 Å². The van der Waals surface area contributed by atoms with Crippen molar-refractivity contribution >= 4 is 29.3 Å². The fourth-order valence-corrected chi connectivity index (χ4v) is 4.20. The van der Waals surface area contributed by atoms with E-state index in [1.54, 1.807) is 30.0 Å². The van der Waals surface area contributed by atoms with Gasteiger partial charge in [-0.15, -0.1) is 0 Å². The Morgan fingerprint density at radius 3 is 2.60 bits per heavy atom. The van der Waals surface area contributed by atoms with Gasteiger partial charge in [0.05, 0.1) is 17.2 Å². The molecule has 3 rings (SSSR count). The summed E-state index contributed by atoms with van der Waals surface area (Å²) < 4.78 is 0. The summed E-state index contributed by atoms with van der Waals surface area (Å²) in [5, 5.41) is 0.350. The molecule has 1 fully saturated rings. The Morgan fingerprint density at radius 1 is 1.15 bits per heavy atom. The topological polar surface area (TPSA) is 63.4 Å². The highest BCUT2D eigenvalue weighted by Crippen LogP contribution is 2.35. The van der Waals surface area contributed by atoms with Crippen LogP contribution in [0.15, 0.2) is 18.2 Å². The van der Waals surface area contributed by atoms with Crippen LogP contribution in [-0.2, 0) is 0 Å². The molecular formula is C15H18N2O2S. The lowest BCUT2D eigenvalue weighted by atomic mass is 9.93. The zero-order chi connectivity index (χ0) is 14.3. The Balaban J connectivity index is 1.96. The monoisotopic (exact) mass is 290 g/mol. The number of carbonyl (C=O) groups excluding carboxylic acids is 2. The summed E-state index contributed by atoms with van der Waals surface area (Å²) in [6.07, 6.45) is 6.29. The van der Waals surface area contributed by atoms with Gasteiger partial charge in [-0.1, -0.05) is 12.8 Å². The van der Waals surface area contributed by atoms with Crippen LogP contribution in [0.3, 0.4) is 0 Å². The number of amides is 2. The standard InChI is InChI=1S/C15H18N2O2S/c1-20-13-5-3-2-4-12(13)17-14(18)10-7-6-9(16)8-11(10)15(17)19/h6-8,12-13H,2-5,16H2,1H3. The lowest BCUT2D eigenvalue weighted by Crippen LogP contribution is -2.47.